The Balaban J connectivity index is 1.41. The second-order valence-electron chi connectivity index (χ2n) is 6.39. The van der Waals surface area contributed by atoms with Gasteiger partial charge in [-0.3, -0.25) is 4.90 Å². The summed E-state index contributed by atoms with van der Waals surface area (Å²) in [7, 11) is 0. The molecule has 124 valence electrons. The number of rotatable bonds is 4. The Morgan fingerprint density at radius 3 is 2.83 bits per heavy atom. The summed E-state index contributed by atoms with van der Waals surface area (Å²) in [5.41, 5.74) is 2.45. The van der Waals surface area contributed by atoms with Crippen LogP contribution in [-0.2, 0) is 6.54 Å². The van der Waals surface area contributed by atoms with Gasteiger partial charge in [0.1, 0.15) is 0 Å². The Hall–Kier alpha value is -2.47. The molecular weight excluding hydrogens is 302 g/mol. The molecule has 1 aliphatic rings. The van der Waals surface area contributed by atoms with E-state index >= 15 is 0 Å². The monoisotopic (exact) mass is 323 g/mol. The summed E-state index contributed by atoms with van der Waals surface area (Å²) in [6.07, 6.45) is 7.85. The first kappa shape index (κ1) is 15.1. The van der Waals surface area contributed by atoms with E-state index in [0.717, 1.165) is 43.5 Å². The molecule has 3 aromatic rings. The average molecular weight is 323 g/mol. The van der Waals surface area contributed by atoms with Gasteiger partial charge < -0.3 is 9.09 Å². The van der Waals surface area contributed by atoms with E-state index in [1.54, 1.807) is 6.20 Å². The van der Waals surface area contributed by atoms with Crippen LogP contribution in [0.15, 0.2) is 47.5 Å². The fourth-order valence-corrected chi connectivity index (χ4v) is 3.32. The predicted octanol–water partition coefficient (Wildman–Crippen LogP) is 2.94. The smallest absolute Gasteiger partial charge is 0.231 e. The number of likely N-dealkylation sites (tertiary alicyclic amines) is 1. The third-order valence-electron chi connectivity index (χ3n) is 4.54. The molecule has 6 nitrogen and oxygen atoms in total. The van der Waals surface area contributed by atoms with Crippen LogP contribution in [0.1, 0.15) is 36.0 Å². The average Bonchev–Trinajstić information content (AvgIpc) is 3.28. The number of aromatic nitrogens is 4. The molecule has 1 saturated heterocycles. The van der Waals surface area contributed by atoms with E-state index in [9.17, 15) is 0 Å². The van der Waals surface area contributed by atoms with E-state index in [2.05, 4.69) is 44.3 Å². The quantitative estimate of drug-likeness (QED) is 0.739. The first-order valence-electron chi connectivity index (χ1n) is 8.38. The van der Waals surface area contributed by atoms with Crippen molar-refractivity contribution in [3.8, 4) is 5.69 Å². The Bertz CT molecular complexity index is 778. The molecule has 0 amide bonds. The molecule has 1 aliphatic heterocycles. The van der Waals surface area contributed by atoms with Gasteiger partial charge in [-0.25, -0.2) is 4.98 Å². The van der Waals surface area contributed by atoms with E-state index < -0.39 is 0 Å². The topological polar surface area (TPSA) is 60.0 Å². The number of hydrogen-bond acceptors (Lipinski definition) is 5. The third kappa shape index (κ3) is 3.23. The molecule has 1 atom stereocenters. The lowest BCUT2D eigenvalue weighted by molar-refractivity contribution is 0.180. The standard InChI is InChI=1S/C18H21N5O/c1-14-20-18(24-21-14)16-3-2-9-22(12-16)11-15-4-6-17(7-5-15)23-10-8-19-13-23/h4-8,10,13,16H,2-3,9,11-12H2,1H3/t16-/m0/s1. The second kappa shape index (κ2) is 6.57. The molecule has 0 unspecified atom stereocenters. The zero-order valence-corrected chi connectivity index (χ0v) is 13.8. The van der Waals surface area contributed by atoms with Gasteiger partial charge in [-0.05, 0) is 44.0 Å². The van der Waals surface area contributed by atoms with Gasteiger partial charge in [-0.1, -0.05) is 17.3 Å². The zero-order chi connectivity index (χ0) is 16.4. The summed E-state index contributed by atoms with van der Waals surface area (Å²) in [6.45, 7) is 4.92. The summed E-state index contributed by atoms with van der Waals surface area (Å²) in [5, 5.41) is 3.92. The van der Waals surface area contributed by atoms with Crippen LogP contribution in [0.25, 0.3) is 5.69 Å². The summed E-state index contributed by atoms with van der Waals surface area (Å²) in [4.78, 5) is 11.0. The molecular formula is C18H21N5O. The Morgan fingerprint density at radius 2 is 2.12 bits per heavy atom. The highest BCUT2D eigenvalue weighted by Crippen LogP contribution is 2.26. The fraction of sp³-hybridized carbons (Fsp3) is 0.389. The Labute approximate surface area is 141 Å². The molecule has 3 heterocycles. The molecule has 24 heavy (non-hydrogen) atoms. The maximum absolute atomic E-state index is 5.36. The minimum absolute atomic E-state index is 0.352. The maximum Gasteiger partial charge on any atom is 0.231 e. The van der Waals surface area contributed by atoms with Gasteiger partial charge in [0.15, 0.2) is 5.82 Å². The van der Waals surface area contributed by atoms with Crippen LogP contribution in [0.3, 0.4) is 0 Å². The van der Waals surface area contributed by atoms with Gasteiger partial charge in [-0.15, -0.1) is 0 Å². The lowest BCUT2D eigenvalue weighted by Crippen LogP contribution is -2.34. The van der Waals surface area contributed by atoms with Crippen LogP contribution in [0.2, 0.25) is 0 Å². The Morgan fingerprint density at radius 1 is 1.25 bits per heavy atom. The van der Waals surface area contributed by atoms with Crippen molar-refractivity contribution >= 4 is 0 Å². The SMILES string of the molecule is Cc1noc([C@H]2CCCN(Cc3ccc(-n4ccnc4)cc3)C2)n1. The van der Waals surface area contributed by atoms with E-state index in [1.165, 1.54) is 12.0 Å². The van der Waals surface area contributed by atoms with Crippen molar-refractivity contribution in [2.45, 2.75) is 32.2 Å². The number of nitrogens with zero attached hydrogens (tertiary/aromatic N) is 5. The van der Waals surface area contributed by atoms with E-state index in [4.69, 9.17) is 4.52 Å². The second-order valence-corrected chi connectivity index (χ2v) is 6.39. The summed E-state index contributed by atoms with van der Waals surface area (Å²) in [6, 6.07) is 8.66. The van der Waals surface area contributed by atoms with Gasteiger partial charge >= 0.3 is 0 Å². The molecule has 0 saturated carbocycles. The molecule has 0 bridgehead atoms. The molecule has 0 radical (unpaired) electrons. The van der Waals surface area contributed by atoms with Crippen LogP contribution in [0, 0.1) is 6.92 Å². The first-order chi connectivity index (χ1) is 11.8. The summed E-state index contributed by atoms with van der Waals surface area (Å²) in [5.74, 6) is 1.86. The highest BCUT2D eigenvalue weighted by Gasteiger charge is 2.25. The maximum atomic E-state index is 5.36. The van der Waals surface area contributed by atoms with Gasteiger partial charge in [0.05, 0.1) is 12.2 Å². The minimum atomic E-state index is 0.352. The number of imidazole rings is 1. The van der Waals surface area contributed by atoms with Crippen molar-refractivity contribution in [3.63, 3.8) is 0 Å². The molecule has 2 aromatic heterocycles. The van der Waals surface area contributed by atoms with Crippen LogP contribution >= 0.6 is 0 Å². The van der Waals surface area contributed by atoms with Crippen molar-refractivity contribution < 1.29 is 4.52 Å². The summed E-state index contributed by atoms with van der Waals surface area (Å²) >= 11 is 0. The van der Waals surface area contributed by atoms with Crippen molar-refractivity contribution in [2.75, 3.05) is 13.1 Å². The molecule has 0 N–H and O–H groups in total. The third-order valence-corrected chi connectivity index (χ3v) is 4.54. The van der Waals surface area contributed by atoms with Gasteiger partial charge in [-0.2, -0.15) is 4.98 Å². The molecule has 0 spiro atoms. The number of benzene rings is 1. The largest absolute Gasteiger partial charge is 0.339 e. The van der Waals surface area contributed by atoms with Crippen LogP contribution in [0.5, 0.6) is 0 Å². The van der Waals surface area contributed by atoms with Crippen molar-refractivity contribution in [3.05, 3.63) is 60.3 Å². The van der Waals surface area contributed by atoms with E-state index in [1.807, 2.05) is 24.0 Å². The van der Waals surface area contributed by atoms with Crippen molar-refractivity contribution in [2.24, 2.45) is 0 Å². The molecule has 0 aliphatic carbocycles. The van der Waals surface area contributed by atoms with Crippen LogP contribution < -0.4 is 0 Å². The highest BCUT2D eigenvalue weighted by atomic mass is 16.5. The number of piperidine rings is 1. The number of hydrogen-bond donors (Lipinski definition) is 0. The molecule has 4 rings (SSSR count). The molecule has 1 aromatic carbocycles. The first-order valence-corrected chi connectivity index (χ1v) is 8.38. The van der Waals surface area contributed by atoms with Crippen molar-refractivity contribution in [1.82, 2.24) is 24.6 Å². The lowest BCUT2D eigenvalue weighted by Gasteiger charge is -2.31. The number of aryl methyl sites for hydroxylation is 1. The van der Waals surface area contributed by atoms with Gasteiger partial charge in [0.2, 0.25) is 5.89 Å². The Kier molecular flexibility index (Phi) is 4.13. The minimum Gasteiger partial charge on any atom is -0.339 e. The van der Waals surface area contributed by atoms with Crippen molar-refractivity contribution in [1.29, 1.82) is 0 Å². The molecule has 1 fully saturated rings. The fourth-order valence-electron chi connectivity index (χ4n) is 3.32. The normalized spacial score (nSPS) is 18.8. The van der Waals surface area contributed by atoms with E-state index in [0.29, 0.717) is 5.92 Å². The zero-order valence-electron chi connectivity index (χ0n) is 13.8. The van der Waals surface area contributed by atoms with Crippen LogP contribution in [0.4, 0.5) is 0 Å². The highest BCUT2D eigenvalue weighted by molar-refractivity contribution is 5.34. The predicted molar refractivity (Wildman–Crippen MR) is 89.9 cm³/mol. The van der Waals surface area contributed by atoms with Gasteiger partial charge in [0.25, 0.3) is 0 Å². The van der Waals surface area contributed by atoms with Crippen LogP contribution in [-0.4, -0.2) is 37.7 Å². The van der Waals surface area contributed by atoms with Gasteiger partial charge in [0, 0.05) is 31.2 Å². The lowest BCUT2D eigenvalue weighted by atomic mass is 9.97. The summed E-state index contributed by atoms with van der Waals surface area (Å²) < 4.78 is 7.38. The van der Waals surface area contributed by atoms with E-state index in [-0.39, 0.29) is 0 Å². The molecule has 6 heteroatoms.